The topological polar surface area (TPSA) is 87.0 Å². The predicted octanol–water partition coefficient (Wildman–Crippen LogP) is 0.590. The van der Waals surface area contributed by atoms with Crippen molar-refractivity contribution in [1.29, 1.82) is 0 Å². The molecule has 5 heteroatoms. The summed E-state index contributed by atoms with van der Waals surface area (Å²) in [6.07, 6.45) is 0. The summed E-state index contributed by atoms with van der Waals surface area (Å²) in [4.78, 5) is 10.9. The van der Waals surface area contributed by atoms with Gasteiger partial charge in [-0.15, -0.1) is 0 Å². The third-order valence-electron chi connectivity index (χ3n) is 1.47. The number of rotatable bonds is 1. The van der Waals surface area contributed by atoms with Crippen molar-refractivity contribution in [3.05, 3.63) is 17.7 Å². The Kier molecular flexibility index (Phi) is 2.27. The fraction of sp³-hybridized carbons (Fsp3) is 0.125. The van der Waals surface area contributed by atoms with Crippen molar-refractivity contribution in [3.63, 3.8) is 0 Å². The van der Waals surface area contributed by atoms with Gasteiger partial charge in [0.05, 0.1) is 7.11 Å². The highest BCUT2D eigenvalue weighted by atomic mass is 16.5. The fourth-order valence-corrected chi connectivity index (χ4v) is 0.909. The van der Waals surface area contributed by atoms with Crippen LogP contribution in [0.25, 0.3) is 0 Å². The van der Waals surface area contributed by atoms with E-state index in [9.17, 15) is 4.79 Å². The molecule has 1 aromatic carbocycles. The van der Waals surface area contributed by atoms with Gasteiger partial charge in [0, 0.05) is 12.1 Å². The van der Waals surface area contributed by atoms with Crippen molar-refractivity contribution in [2.75, 3.05) is 7.11 Å². The molecule has 1 rings (SSSR count). The summed E-state index contributed by atoms with van der Waals surface area (Å²) in [7, 11) is 1.12. The Labute approximate surface area is 73.8 Å². The molecule has 0 heterocycles. The summed E-state index contributed by atoms with van der Waals surface area (Å²) >= 11 is 0. The molecule has 0 spiro atoms. The van der Waals surface area contributed by atoms with E-state index in [0.29, 0.717) is 0 Å². The number of esters is 1. The lowest BCUT2D eigenvalue weighted by atomic mass is 10.1. The number of methoxy groups -OCH3 is 1. The lowest BCUT2D eigenvalue weighted by Crippen LogP contribution is -2.01. The quantitative estimate of drug-likeness (QED) is 0.556. The van der Waals surface area contributed by atoms with Gasteiger partial charge in [0.2, 0.25) is 0 Å². The van der Waals surface area contributed by atoms with Crippen molar-refractivity contribution in [3.8, 4) is 17.2 Å². The van der Waals surface area contributed by atoms with Gasteiger partial charge in [-0.3, -0.25) is 0 Å². The van der Waals surface area contributed by atoms with Gasteiger partial charge in [-0.25, -0.2) is 4.79 Å². The molecule has 0 aliphatic rings. The summed E-state index contributed by atoms with van der Waals surface area (Å²) in [6, 6.07) is 1.87. The normalized spacial score (nSPS) is 9.62. The Morgan fingerprint density at radius 1 is 1.23 bits per heavy atom. The van der Waals surface area contributed by atoms with Crippen LogP contribution >= 0.6 is 0 Å². The minimum Gasteiger partial charge on any atom is -0.508 e. The number of phenolic OH excluding ortho intramolecular Hbond substituents is 3. The maximum absolute atomic E-state index is 10.9. The van der Waals surface area contributed by atoms with Crippen molar-refractivity contribution >= 4 is 5.97 Å². The highest BCUT2D eigenvalue weighted by molar-refractivity contribution is 5.95. The van der Waals surface area contributed by atoms with Gasteiger partial charge >= 0.3 is 5.97 Å². The molecule has 0 aromatic heterocycles. The molecule has 0 aliphatic heterocycles. The monoisotopic (exact) mass is 184 g/mol. The zero-order valence-corrected chi connectivity index (χ0v) is 6.81. The standard InChI is InChI=1S/C8H8O5/c1-13-8(12)7-5(10)2-4(9)3-6(7)11/h2-3,9-11H,1H3. The first-order valence-corrected chi connectivity index (χ1v) is 3.39. The van der Waals surface area contributed by atoms with E-state index in [1.807, 2.05) is 0 Å². The van der Waals surface area contributed by atoms with E-state index in [2.05, 4.69) is 4.74 Å². The molecule has 5 nitrogen and oxygen atoms in total. The van der Waals surface area contributed by atoms with Crippen LogP contribution in [0.1, 0.15) is 10.4 Å². The van der Waals surface area contributed by atoms with E-state index in [0.717, 1.165) is 19.2 Å². The Morgan fingerprint density at radius 2 is 1.69 bits per heavy atom. The van der Waals surface area contributed by atoms with Crippen LogP contribution in [0, 0.1) is 0 Å². The van der Waals surface area contributed by atoms with Gasteiger partial charge in [0.25, 0.3) is 0 Å². The molecule has 0 saturated carbocycles. The van der Waals surface area contributed by atoms with Gasteiger partial charge in [-0.1, -0.05) is 0 Å². The second-order valence-electron chi connectivity index (χ2n) is 2.35. The molecule has 0 radical (unpaired) electrons. The molecule has 0 aliphatic carbocycles. The molecular formula is C8H8O5. The number of carbonyl (C=O) groups is 1. The van der Waals surface area contributed by atoms with Crippen LogP contribution in [-0.4, -0.2) is 28.4 Å². The molecule has 70 valence electrons. The zero-order chi connectivity index (χ0) is 10.0. The highest BCUT2D eigenvalue weighted by Crippen LogP contribution is 2.32. The number of ether oxygens (including phenoxy) is 1. The number of carbonyl (C=O) groups excluding carboxylic acids is 1. The zero-order valence-electron chi connectivity index (χ0n) is 6.81. The second-order valence-corrected chi connectivity index (χ2v) is 2.35. The lowest BCUT2D eigenvalue weighted by Gasteiger charge is -2.05. The van der Waals surface area contributed by atoms with E-state index in [1.54, 1.807) is 0 Å². The van der Waals surface area contributed by atoms with Crippen molar-refractivity contribution in [2.24, 2.45) is 0 Å². The van der Waals surface area contributed by atoms with Crippen molar-refractivity contribution in [1.82, 2.24) is 0 Å². The molecule has 0 atom stereocenters. The summed E-state index contributed by atoms with van der Waals surface area (Å²) in [5.74, 6) is -2.24. The van der Waals surface area contributed by atoms with Crippen LogP contribution in [0.3, 0.4) is 0 Å². The maximum atomic E-state index is 10.9. The number of aromatic hydroxyl groups is 3. The van der Waals surface area contributed by atoms with Gasteiger partial charge in [0.1, 0.15) is 22.8 Å². The number of benzene rings is 1. The second kappa shape index (κ2) is 3.22. The molecule has 13 heavy (non-hydrogen) atoms. The van der Waals surface area contributed by atoms with Crippen molar-refractivity contribution in [2.45, 2.75) is 0 Å². The molecule has 0 saturated heterocycles. The summed E-state index contributed by atoms with van der Waals surface area (Å²) in [6.45, 7) is 0. The fourth-order valence-electron chi connectivity index (χ4n) is 0.909. The van der Waals surface area contributed by atoms with Crippen LogP contribution in [-0.2, 0) is 4.74 Å². The van der Waals surface area contributed by atoms with E-state index in [4.69, 9.17) is 15.3 Å². The molecule has 0 unspecified atom stereocenters. The van der Waals surface area contributed by atoms with Crippen LogP contribution in [0.4, 0.5) is 0 Å². The first-order chi connectivity index (χ1) is 6.06. The predicted molar refractivity (Wildman–Crippen MR) is 42.8 cm³/mol. The molecule has 0 bridgehead atoms. The first-order valence-electron chi connectivity index (χ1n) is 3.39. The molecule has 0 fully saturated rings. The number of phenols is 3. The summed E-state index contributed by atoms with van der Waals surface area (Å²) in [5, 5.41) is 27.2. The van der Waals surface area contributed by atoms with Gasteiger partial charge in [0.15, 0.2) is 0 Å². The largest absolute Gasteiger partial charge is 0.508 e. The maximum Gasteiger partial charge on any atom is 0.345 e. The number of hydrogen-bond donors (Lipinski definition) is 3. The number of hydrogen-bond acceptors (Lipinski definition) is 5. The highest BCUT2D eigenvalue weighted by Gasteiger charge is 2.17. The van der Waals surface area contributed by atoms with E-state index >= 15 is 0 Å². The Hall–Kier alpha value is -1.91. The summed E-state index contributed by atoms with van der Waals surface area (Å²) < 4.78 is 4.30. The Balaban J connectivity index is 3.28. The molecule has 0 amide bonds. The average molecular weight is 184 g/mol. The minimum absolute atomic E-state index is 0.331. The smallest absolute Gasteiger partial charge is 0.345 e. The van der Waals surface area contributed by atoms with Gasteiger partial charge < -0.3 is 20.1 Å². The van der Waals surface area contributed by atoms with E-state index in [-0.39, 0.29) is 11.3 Å². The van der Waals surface area contributed by atoms with Gasteiger partial charge in [-0.2, -0.15) is 0 Å². The summed E-state index contributed by atoms with van der Waals surface area (Å²) in [5.41, 5.74) is -0.361. The first kappa shape index (κ1) is 9.18. The average Bonchev–Trinajstić information content (AvgIpc) is 2.02. The van der Waals surface area contributed by atoms with E-state index in [1.165, 1.54) is 0 Å². The Morgan fingerprint density at radius 3 is 2.08 bits per heavy atom. The molecule has 3 N–H and O–H groups in total. The van der Waals surface area contributed by atoms with Crippen LogP contribution in [0.2, 0.25) is 0 Å². The van der Waals surface area contributed by atoms with Crippen LogP contribution < -0.4 is 0 Å². The van der Waals surface area contributed by atoms with Crippen LogP contribution in [0.5, 0.6) is 17.2 Å². The SMILES string of the molecule is COC(=O)c1c(O)cc(O)cc1O. The molecular weight excluding hydrogens is 176 g/mol. The molecule has 1 aromatic rings. The minimum atomic E-state index is -0.866. The lowest BCUT2D eigenvalue weighted by molar-refractivity contribution is 0.0594. The Bertz CT molecular complexity index is 321. The van der Waals surface area contributed by atoms with Gasteiger partial charge in [-0.05, 0) is 0 Å². The third-order valence-corrected chi connectivity index (χ3v) is 1.47. The van der Waals surface area contributed by atoms with Crippen molar-refractivity contribution < 1.29 is 24.9 Å². The van der Waals surface area contributed by atoms with E-state index < -0.39 is 17.5 Å². The third kappa shape index (κ3) is 1.64. The van der Waals surface area contributed by atoms with Crippen LogP contribution in [0.15, 0.2) is 12.1 Å².